The Balaban J connectivity index is 1.95. The van der Waals surface area contributed by atoms with Gasteiger partial charge in [-0.25, -0.2) is 18.0 Å². The molecule has 0 fully saturated rings. The second-order valence-corrected chi connectivity index (χ2v) is 9.35. The van der Waals surface area contributed by atoms with Crippen LogP contribution in [0.5, 0.6) is 0 Å². The SMILES string of the molecule is COC(=O)c1cc(NC(=O)CN(c2ccccc2)S(=O)(=O)c2ccc(C)cc2)cc(C(=O)OC)c1. The molecule has 182 valence electrons. The maximum Gasteiger partial charge on any atom is 0.337 e. The summed E-state index contributed by atoms with van der Waals surface area (Å²) >= 11 is 0. The van der Waals surface area contributed by atoms with Crippen LogP contribution in [0.15, 0.2) is 77.7 Å². The zero-order chi connectivity index (χ0) is 25.6. The first kappa shape index (κ1) is 25.4. The Hall–Kier alpha value is -4.18. The number of ether oxygens (including phenoxy) is 2. The second-order valence-electron chi connectivity index (χ2n) is 7.49. The number of hydrogen-bond acceptors (Lipinski definition) is 7. The highest BCUT2D eigenvalue weighted by Gasteiger charge is 2.27. The van der Waals surface area contributed by atoms with E-state index in [2.05, 4.69) is 5.32 Å². The van der Waals surface area contributed by atoms with Gasteiger partial charge in [0.1, 0.15) is 6.54 Å². The third kappa shape index (κ3) is 6.04. The van der Waals surface area contributed by atoms with Crippen LogP contribution in [0, 0.1) is 6.92 Å². The molecule has 0 aliphatic rings. The van der Waals surface area contributed by atoms with E-state index in [1.54, 1.807) is 42.5 Å². The number of anilines is 2. The van der Waals surface area contributed by atoms with Crippen molar-refractivity contribution in [2.75, 3.05) is 30.4 Å². The highest BCUT2D eigenvalue weighted by atomic mass is 32.2. The van der Waals surface area contributed by atoms with Crippen molar-refractivity contribution < 1.29 is 32.3 Å². The largest absolute Gasteiger partial charge is 0.465 e. The molecule has 9 nitrogen and oxygen atoms in total. The number of benzene rings is 3. The summed E-state index contributed by atoms with van der Waals surface area (Å²) in [6, 6.07) is 18.4. The molecule has 3 aromatic carbocycles. The van der Waals surface area contributed by atoms with Gasteiger partial charge in [0.2, 0.25) is 5.91 Å². The Bertz CT molecular complexity index is 1300. The third-order valence-corrected chi connectivity index (χ3v) is 6.79. The van der Waals surface area contributed by atoms with Crippen molar-refractivity contribution in [1.29, 1.82) is 0 Å². The Morgan fingerprint density at radius 1 is 0.829 bits per heavy atom. The van der Waals surface area contributed by atoms with Crippen molar-refractivity contribution in [1.82, 2.24) is 0 Å². The van der Waals surface area contributed by atoms with Crippen molar-refractivity contribution in [3.63, 3.8) is 0 Å². The highest BCUT2D eigenvalue weighted by Crippen LogP contribution is 2.24. The lowest BCUT2D eigenvalue weighted by molar-refractivity contribution is -0.114. The molecule has 0 spiro atoms. The minimum absolute atomic E-state index is 0.0119. The number of nitrogens with one attached hydrogen (secondary N) is 1. The van der Waals surface area contributed by atoms with Crippen LogP contribution in [0.3, 0.4) is 0 Å². The third-order valence-electron chi connectivity index (χ3n) is 5.00. The number of carbonyl (C=O) groups excluding carboxylic acids is 3. The molecule has 0 aromatic heterocycles. The van der Waals surface area contributed by atoms with Gasteiger partial charge in [-0.3, -0.25) is 9.10 Å². The number of carbonyl (C=O) groups is 3. The van der Waals surface area contributed by atoms with E-state index in [0.717, 1.165) is 9.87 Å². The predicted octanol–water partition coefficient (Wildman–Crippen LogP) is 3.40. The smallest absolute Gasteiger partial charge is 0.337 e. The summed E-state index contributed by atoms with van der Waals surface area (Å²) in [5, 5.41) is 2.55. The van der Waals surface area contributed by atoms with E-state index >= 15 is 0 Å². The maximum absolute atomic E-state index is 13.4. The standard InChI is InChI=1S/C25H24N2O7S/c1-17-9-11-22(12-10-17)35(31,32)27(21-7-5-4-6-8-21)16-23(28)26-20-14-18(24(29)33-2)13-19(15-20)25(30)34-3/h4-15H,16H2,1-3H3,(H,26,28). The first-order valence-corrected chi connectivity index (χ1v) is 11.9. The van der Waals surface area contributed by atoms with Crippen LogP contribution in [0.1, 0.15) is 26.3 Å². The van der Waals surface area contributed by atoms with Gasteiger partial charge in [0.05, 0.1) is 35.9 Å². The number of para-hydroxylation sites is 1. The van der Waals surface area contributed by atoms with E-state index in [1.165, 1.54) is 44.6 Å². The van der Waals surface area contributed by atoms with E-state index in [4.69, 9.17) is 9.47 Å². The molecule has 35 heavy (non-hydrogen) atoms. The quantitative estimate of drug-likeness (QED) is 0.475. The maximum atomic E-state index is 13.4. The molecule has 3 aromatic rings. The summed E-state index contributed by atoms with van der Waals surface area (Å²) in [5.74, 6) is -2.14. The minimum atomic E-state index is -4.09. The molecule has 1 N–H and O–H groups in total. The Morgan fingerprint density at radius 3 is 1.89 bits per heavy atom. The number of amides is 1. The molecule has 0 saturated carbocycles. The fraction of sp³-hybridized carbons (Fsp3) is 0.160. The molecule has 0 aliphatic heterocycles. The van der Waals surface area contributed by atoms with Crippen LogP contribution in [-0.2, 0) is 24.3 Å². The fourth-order valence-corrected chi connectivity index (χ4v) is 4.67. The summed E-state index contributed by atoms with van der Waals surface area (Å²) in [6.45, 7) is 1.28. The molecule has 0 unspecified atom stereocenters. The Labute approximate surface area is 203 Å². The van der Waals surface area contributed by atoms with Crippen LogP contribution in [0.4, 0.5) is 11.4 Å². The number of esters is 2. The number of hydrogen-bond donors (Lipinski definition) is 1. The summed E-state index contributed by atoms with van der Waals surface area (Å²) in [7, 11) is -1.73. The number of sulfonamides is 1. The lowest BCUT2D eigenvalue weighted by Gasteiger charge is -2.24. The second kappa shape index (κ2) is 10.8. The predicted molar refractivity (Wildman–Crippen MR) is 130 cm³/mol. The zero-order valence-corrected chi connectivity index (χ0v) is 20.2. The molecular weight excluding hydrogens is 472 g/mol. The van der Waals surface area contributed by atoms with Crippen molar-refractivity contribution in [3.8, 4) is 0 Å². The van der Waals surface area contributed by atoms with Crippen LogP contribution < -0.4 is 9.62 Å². The molecule has 0 aliphatic carbocycles. The first-order valence-electron chi connectivity index (χ1n) is 10.4. The van der Waals surface area contributed by atoms with Gasteiger partial charge in [-0.05, 0) is 49.4 Å². The Kier molecular flexibility index (Phi) is 7.87. The average Bonchev–Trinajstić information content (AvgIpc) is 2.86. The lowest BCUT2D eigenvalue weighted by Crippen LogP contribution is -2.38. The van der Waals surface area contributed by atoms with Crippen molar-refractivity contribution in [2.45, 2.75) is 11.8 Å². The van der Waals surface area contributed by atoms with E-state index in [0.29, 0.717) is 5.69 Å². The molecule has 0 bridgehead atoms. The number of aryl methyl sites for hydroxylation is 1. The molecule has 10 heteroatoms. The van der Waals surface area contributed by atoms with Gasteiger partial charge in [-0.1, -0.05) is 35.9 Å². The van der Waals surface area contributed by atoms with Crippen LogP contribution in [0.2, 0.25) is 0 Å². The summed E-state index contributed by atoms with van der Waals surface area (Å²) < 4.78 is 37.2. The van der Waals surface area contributed by atoms with Crippen molar-refractivity contribution in [3.05, 3.63) is 89.5 Å². The van der Waals surface area contributed by atoms with Gasteiger partial charge in [-0.2, -0.15) is 0 Å². The topological polar surface area (TPSA) is 119 Å². The van der Waals surface area contributed by atoms with Crippen LogP contribution in [0.25, 0.3) is 0 Å². The van der Waals surface area contributed by atoms with E-state index < -0.39 is 34.4 Å². The van der Waals surface area contributed by atoms with E-state index in [-0.39, 0.29) is 21.7 Å². The summed E-state index contributed by atoms with van der Waals surface area (Å²) in [6.07, 6.45) is 0. The average molecular weight is 497 g/mol. The minimum Gasteiger partial charge on any atom is -0.465 e. The molecular formula is C25H24N2O7S. The lowest BCUT2D eigenvalue weighted by atomic mass is 10.1. The molecule has 0 heterocycles. The van der Waals surface area contributed by atoms with Crippen LogP contribution >= 0.6 is 0 Å². The van der Waals surface area contributed by atoms with Crippen LogP contribution in [-0.4, -0.2) is 47.0 Å². The fourth-order valence-electron chi connectivity index (χ4n) is 3.25. The molecule has 0 saturated heterocycles. The van der Waals surface area contributed by atoms with E-state index in [9.17, 15) is 22.8 Å². The Morgan fingerprint density at radius 2 is 1.37 bits per heavy atom. The number of rotatable bonds is 8. The summed E-state index contributed by atoms with van der Waals surface area (Å²) in [5.41, 5.74) is 1.30. The van der Waals surface area contributed by atoms with Gasteiger partial charge in [0.25, 0.3) is 10.0 Å². The molecule has 3 rings (SSSR count). The van der Waals surface area contributed by atoms with Crippen molar-refractivity contribution >= 4 is 39.2 Å². The van der Waals surface area contributed by atoms with Gasteiger partial charge >= 0.3 is 11.9 Å². The monoisotopic (exact) mass is 496 g/mol. The molecule has 0 radical (unpaired) electrons. The zero-order valence-electron chi connectivity index (χ0n) is 19.3. The van der Waals surface area contributed by atoms with E-state index in [1.807, 2.05) is 6.92 Å². The summed E-state index contributed by atoms with van der Waals surface area (Å²) in [4.78, 5) is 37.0. The number of nitrogens with zero attached hydrogens (tertiary/aromatic N) is 1. The van der Waals surface area contributed by atoms with Crippen molar-refractivity contribution in [2.24, 2.45) is 0 Å². The highest BCUT2D eigenvalue weighted by molar-refractivity contribution is 7.92. The molecule has 1 amide bonds. The number of methoxy groups -OCH3 is 2. The van der Waals surface area contributed by atoms with Gasteiger partial charge in [0.15, 0.2) is 0 Å². The van der Waals surface area contributed by atoms with Gasteiger partial charge in [0, 0.05) is 5.69 Å². The van der Waals surface area contributed by atoms with Gasteiger partial charge < -0.3 is 14.8 Å². The van der Waals surface area contributed by atoms with Gasteiger partial charge in [-0.15, -0.1) is 0 Å². The normalized spacial score (nSPS) is 10.8. The molecule has 0 atom stereocenters. The first-order chi connectivity index (χ1) is 16.6.